The summed E-state index contributed by atoms with van der Waals surface area (Å²) in [6.45, 7) is 0. The second-order valence-corrected chi connectivity index (χ2v) is 5.08. The van der Waals surface area contributed by atoms with E-state index in [1.54, 1.807) is 0 Å². The van der Waals surface area contributed by atoms with Gasteiger partial charge in [-0.1, -0.05) is 12.8 Å². The van der Waals surface area contributed by atoms with Crippen molar-refractivity contribution in [2.24, 2.45) is 0 Å². The Bertz CT molecular complexity index is 399. The molecular weight excluding hydrogens is 222 g/mol. The smallest absolute Gasteiger partial charge is 0.224 e. The number of anilines is 1. The average molecular weight is 238 g/mol. The molecule has 86 valence electrons. The fraction of sp³-hybridized carbons (Fsp3) is 0.667. The van der Waals surface area contributed by atoms with Crippen LogP contribution in [-0.4, -0.2) is 16.0 Å². The molecule has 1 fully saturated rings. The van der Waals surface area contributed by atoms with Crippen LogP contribution in [0.3, 0.4) is 0 Å². The summed E-state index contributed by atoms with van der Waals surface area (Å²) in [5.41, 5.74) is 2.46. The molecule has 0 saturated heterocycles. The van der Waals surface area contributed by atoms with Crippen LogP contribution in [0.25, 0.3) is 0 Å². The molecule has 0 aromatic carbocycles. The molecule has 1 aromatic rings. The highest BCUT2D eigenvalue weighted by Crippen LogP contribution is 2.30. The predicted octanol–water partition coefficient (Wildman–Crippen LogP) is 2.97. The molecular formula is C12H16ClN3. The van der Waals surface area contributed by atoms with Crippen molar-refractivity contribution >= 4 is 17.4 Å². The molecule has 2 aliphatic rings. The Morgan fingerprint density at radius 3 is 2.69 bits per heavy atom. The molecule has 0 amide bonds. The number of rotatable bonds is 2. The minimum atomic E-state index is 0.390. The molecule has 1 N–H and O–H groups in total. The maximum atomic E-state index is 5.95. The molecule has 3 nitrogen and oxygen atoms in total. The van der Waals surface area contributed by atoms with Crippen molar-refractivity contribution in [3.63, 3.8) is 0 Å². The number of aromatic nitrogens is 2. The standard InChI is InChI=1S/C12H16ClN3/c13-12-15-10-7-3-6-9(10)11(16-12)14-8-4-1-2-5-8/h8H,1-7H2,(H,14,15,16). The monoisotopic (exact) mass is 237 g/mol. The van der Waals surface area contributed by atoms with E-state index in [0.29, 0.717) is 11.3 Å². The van der Waals surface area contributed by atoms with Gasteiger partial charge in [0.2, 0.25) is 5.28 Å². The van der Waals surface area contributed by atoms with Gasteiger partial charge >= 0.3 is 0 Å². The lowest BCUT2D eigenvalue weighted by atomic mass is 10.2. The zero-order valence-electron chi connectivity index (χ0n) is 9.30. The van der Waals surface area contributed by atoms with Crippen LogP contribution < -0.4 is 5.32 Å². The summed E-state index contributed by atoms with van der Waals surface area (Å²) in [5.74, 6) is 0.999. The fourth-order valence-corrected chi connectivity index (χ4v) is 2.97. The van der Waals surface area contributed by atoms with Crippen LogP contribution in [-0.2, 0) is 12.8 Å². The van der Waals surface area contributed by atoms with Gasteiger partial charge in [0.1, 0.15) is 5.82 Å². The number of nitrogens with zero attached hydrogens (tertiary/aromatic N) is 2. The zero-order chi connectivity index (χ0) is 11.0. The Morgan fingerprint density at radius 2 is 1.88 bits per heavy atom. The first-order valence-electron chi connectivity index (χ1n) is 6.15. The lowest BCUT2D eigenvalue weighted by Gasteiger charge is -2.15. The van der Waals surface area contributed by atoms with E-state index in [1.807, 2.05) is 0 Å². The SMILES string of the molecule is Clc1nc2c(c(NC3CCCC3)n1)CCC2. The topological polar surface area (TPSA) is 37.8 Å². The normalized spacial score (nSPS) is 20.1. The quantitative estimate of drug-likeness (QED) is 0.804. The van der Waals surface area contributed by atoms with Crippen LogP contribution in [0.4, 0.5) is 5.82 Å². The second-order valence-electron chi connectivity index (χ2n) is 4.75. The third-order valence-electron chi connectivity index (χ3n) is 3.60. The third-order valence-corrected chi connectivity index (χ3v) is 3.77. The van der Waals surface area contributed by atoms with Gasteiger partial charge in [-0.3, -0.25) is 0 Å². The Morgan fingerprint density at radius 1 is 1.06 bits per heavy atom. The molecule has 1 heterocycles. The summed E-state index contributed by atoms with van der Waals surface area (Å²) < 4.78 is 0. The molecule has 4 heteroatoms. The van der Waals surface area contributed by atoms with Crippen molar-refractivity contribution in [2.45, 2.75) is 51.0 Å². The lowest BCUT2D eigenvalue weighted by molar-refractivity contribution is 0.747. The van der Waals surface area contributed by atoms with Gasteiger partial charge in [0.15, 0.2) is 0 Å². The van der Waals surface area contributed by atoms with Crippen LogP contribution in [0.15, 0.2) is 0 Å². The van der Waals surface area contributed by atoms with Crippen molar-refractivity contribution in [3.8, 4) is 0 Å². The maximum Gasteiger partial charge on any atom is 0.224 e. The molecule has 3 rings (SSSR count). The Labute approximate surface area is 101 Å². The summed E-state index contributed by atoms with van der Waals surface area (Å²) in [6.07, 6.45) is 8.52. The van der Waals surface area contributed by atoms with Gasteiger partial charge in [0.25, 0.3) is 0 Å². The van der Waals surface area contributed by atoms with Gasteiger partial charge in [-0.05, 0) is 43.7 Å². The number of halogens is 1. The Hall–Kier alpha value is -0.830. The van der Waals surface area contributed by atoms with Crippen molar-refractivity contribution in [1.29, 1.82) is 0 Å². The number of hydrogen-bond donors (Lipinski definition) is 1. The van der Waals surface area contributed by atoms with Crippen LogP contribution in [0.2, 0.25) is 5.28 Å². The number of fused-ring (bicyclic) bond motifs is 1. The highest BCUT2D eigenvalue weighted by atomic mass is 35.5. The molecule has 0 spiro atoms. The number of aryl methyl sites for hydroxylation is 1. The molecule has 1 saturated carbocycles. The van der Waals surface area contributed by atoms with Crippen LogP contribution in [0, 0.1) is 0 Å². The van der Waals surface area contributed by atoms with E-state index in [4.69, 9.17) is 11.6 Å². The van der Waals surface area contributed by atoms with Crippen molar-refractivity contribution in [2.75, 3.05) is 5.32 Å². The predicted molar refractivity (Wildman–Crippen MR) is 64.9 cm³/mol. The van der Waals surface area contributed by atoms with E-state index in [2.05, 4.69) is 15.3 Å². The minimum Gasteiger partial charge on any atom is -0.367 e. The third kappa shape index (κ3) is 1.88. The average Bonchev–Trinajstić information content (AvgIpc) is 2.87. The molecule has 0 atom stereocenters. The van der Waals surface area contributed by atoms with Crippen LogP contribution >= 0.6 is 11.6 Å². The van der Waals surface area contributed by atoms with E-state index in [-0.39, 0.29) is 0 Å². The summed E-state index contributed by atoms with van der Waals surface area (Å²) in [7, 11) is 0. The van der Waals surface area contributed by atoms with Crippen molar-refractivity contribution < 1.29 is 0 Å². The van der Waals surface area contributed by atoms with Gasteiger partial charge in [-0.25, -0.2) is 9.97 Å². The van der Waals surface area contributed by atoms with Crippen molar-refractivity contribution in [1.82, 2.24) is 9.97 Å². The van der Waals surface area contributed by atoms with Gasteiger partial charge in [-0.2, -0.15) is 0 Å². The van der Waals surface area contributed by atoms with Gasteiger partial charge in [0, 0.05) is 11.6 Å². The van der Waals surface area contributed by atoms with Crippen LogP contribution in [0.1, 0.15) is 43.4 Å². The van der Waals surface area contributed by atoms with E-state index >= 15 is 0 Å². The molecule has 16 heavy (non-hydrogen) atoms. The van der Waals surface area contributed by atoms with E-state index in [0.717, 1.165) is 24.4 Å². The first-order valence-corrected chi connectivity index (χ1v) is 6.52. The highest BCUT2D eigenvalue weighted by Gasteiger charge is 2.22. The summed E-state index contributed by atoms with van der Waals surface area (Å²) in [4.78, 5) is 8.65. The van der Waals surface area contributed by atoms with Gasteiger partial charge in [0.05, 0.1) is 5.69 Å². The number of nitrogens with one attached hydrogen (secondary N) is 1. The number of hydrogen-bond acceptors (Lipinski definition) is 3. The Kier molecular flexibility index (Phi) is 2.72. The minimum absolute atomic E-state index is 0.390. The van der Waals surface area contributed by atoms with Crippen LogP contribution in [0.5, 0.6) is 0 Å². The highest BCUT2D eigenvalue weighted by molar-refractivity contribution is 6.28. The molecule has 1 aromatic heterocycles. The molecule has 2 aliphatic carbocycles. The second kappa shape index (κ2) is 4.21. The van der Waals surface area contributed by atoms with Gasteiger partial charge in [-0.15, -0.1) is 0 Å². The molecule has 0 bridgehead atoms. The zero-order valence-corrected chi connectivity index (χ0v) is 10.1. The fourth-order valence-electron chi connectivity index (χ4n) is 2.79. The van der Waals surface area contributed by atoms with E-state index in [9.17, 15) is 0 Å². The van der Waals surface area contributed by atoms with E-state index < -0.39 is 0 Å². The van der Waals surface area contributed by atoms with Gasteiger partial charge < -0.3 is 5.32 Å². The molecule has 0 aliphatic heterocycles. The summed E-state index contributed by atoms with van der Waals surface area (Å²) in [6, 6.07) is 0.593. The van der Waals surface area contributed by atoms with E-state index in [1.165, 1.54) is 37.7 Å². The van der Waals surface area contributed by atoms with Crippen molar-refractivity contribution in [3.05, 3.63) is 16.5 Å². The lowest BCUT2D eigenvalue weighted by Crippen LogP contribution is -2.17. The Balaban J connectivity index is 1.87. The first kappa shape index (κ1) is 10.3. The largest absolute Gasteiger partial charge is 0.367 e. The molecule has 0 unspecified atom stereocenters. The molecule has 0 radical (unpaired) electrons. The summed E-state index contributed by atoms with van der Waals surface area (Å²) >= 11 is 5.95. The summed E-state index contributed by atoms with van der Waals surface area (Å²) in [5, 5.41) is 3.94. The first-order chi connectivity index (χ1) is 7.83. The maximum absolute atomic E-state index is 5.95.